The monoisotopic (exact) mass is 340 g/mol. The van der Waals surface area contributed by atoms with Crippen LogP contribution >= 0.6 is 11.3 Å². The number of aryl methyl sites for hydroxylation is 1. The molecule has 3 aromatic rings. The van der Waals surface area contributed by atoms with E-state index in [1.54, 1.807) is 20.1 Å². The van der Waals surface area contributed by atoms with Gasteiger partial charge < -0.3 is 14.6 Å². The Labute approximate surface area is 143 Å². The smallest absolute Gasteiger partial charge is 0.265 e. The fourth-order valence-corrected chi connectivity index (χ4v) is 2.75. The molecule has 0 aliphatic heterocycles. The third kappa shape index (κ3) is 3.55. The van der Waals surface area contributed by atoms with Gasteiger partial charge in [-0.3, -0.25) is 4.79 Å². The Morgan fingerprint density at radius 2 is 2.04 bits per heavy atom. The van der Waals surface area contributed by atoms with Crippen molar-refractivity contribution in [2.45, 2.75) is 6.92 Å². The molecule has 0 bridgehead atoms. The lowest BCUT2D eigenvalue weighted by Crippen LogP contribution is -2.11. The Morgan fingerprint density at radius 1 is 1.25 bits per heavy atom. The first-order valence-corrected chi connectivity index (χ1v) is 8.18. The van der Waals surface area contributed by atoms with Gasteiger partial charge in [0, 0.05) is 0 Å². The minimum absolute atomic E-state index is 0.171. The second-order valence-corrected chi connectivity index (χ2v) is 5.98. The highest BCUT2D eigenvalue weighted by atomic mass is 32.1. The van der Waals surface area contributed by atoms with Crippen molar-refractivity contribution >= 4 is 35.1 Å². The molecule has 1 aromatic carbocycles. The van der Waals surface area contributed by atoms with Crippen LogP contribution in [0.4, 0.5) is 5.69 Å². The van der Waals surface area contributed by atoms with Gasteiger partial charge in [0.15, 0.2) is 5.76 Å². The van der Waals surface area contributed by atoms with Gasteiger partial charge in [-0.25, -0.2) is 0 Å². The maximum atomic E-state index is 12.2. The molecule has 0 spiro atoms. The van der Waals surface area contributed by atoms with Gasteiger partial charge in [0.05, 0.1) is 12.0 Å². The zero-order chi connectivity index (χ0) is 16.9. The van der Waals surface area contributed by atoms with Gasteiger partial charge in [-0.1, -0.05) is 29.4 Å². The Morgan fingerprint density at radius 3 is 2.71 bits per heavy atom. The van der Waals surface area contributed by atoms with Gasteiger partial charge in [-0.15, -0.1) is 11.3 Å². The molecule has 3 rings (SSSR count). The molecule has 0 aliphatic carbocycles. The summed E-state index contributed by atoms with van der Waals surface area (Å²) in [6, 6.07) is 11.2. The first kappa shape index (κ1) is 16.0. The molecule has 0 aliphatic rings. The second kappa shape index (κ2) is 7.14. The molecule has 0 unspecified atom stereocenters. The average Bonchev–Trinajstić information content (AvgIpc) is 3.25. The van der Waals surface area contributed by atoms with Crippen LogP contribution in [-0.4, -0.2) is 18.2 Å². The zero-order valence-electron chi connectivity index (χ0n) is 13.3. The quantitative estimate of drug-likeness (QED) is 0.744. The predicted molar refractivity (Wildman–Crippen MR) is 95.4 cm³/mol. The van der Waals surface area contributed by atoms with Gasteiger partial charge in [0.1, 0.15) is 17.1 Å². The number of carbonyl (C=O) groups is 1. The number of thiophene rings is 1. The van der Waals surface area contributed by atoms with Crippen molar-refractivity contribution in [1.29, 1.82) is 0 Å². The number of ether oxygens (including phenoxy) is 1. The van der Waals surface area contributed by atoms with Crippen LogP contribution in [0.1, 0.15) is 26.7 Å². The third-order valence-corrected chi connectivity index (χ3v) is 4.29. The molecule has 0 fully saturated rings. The molecule has 2 heterocycles. The molecule has 0 radical (unpaired) electrons. The van der Waals surface area contributed by atoms with Crippen molar-refractivity contribution in [2.75, 3.05) is 12.4 Å². The van der Waals surface area contributed by atoms with Crippen LogP contribution in [0.2, 0.25) is 0 Å². The van der Waals surface area contributed by atoms with E-state index in [2.05, 4.69) is 10.5 Å². The first-order valence-electron chi connectivity index (χ1n) is 7.30. The molecule has 122 valence electrons. The van der Waals surface area contributed by atoms with Crippen molar-refractivity contribution < 1.29 is 14.1 Å². The molecule has 1 N–H and O–H groups in total. The number of amides is 1. The molecule has 2 aromatic heterocycles. The van der Waals surface area contributed by atoms with E-state index in [4.69, 9.17) is 9.26 Å². The molecule has 5 nitrogen and oxygen atoms in total. The summed E-state index contributed by atoms with van der Waals surface area (Å²) in [5.41, 5.74) is 2.15. The van der Waals surface area contributed by atoms with Crippen LogP contribution in [0.25, 0.3) is 12.2 Å². The van der Waals surface area contributed by atoms with Crippen LogP contribution in [0.3, 0.4) is 0 Å². The number of methoxy groups -OCH3 is 1. The van der Waals surface area contributed by atoms with E-state index in [-0.39, 0.29) is 5.91 Å². The highest BCUT2D eigenvalue weighted by molar-refractivity contribution is 7.12. The topological polar surface area (TPSA) is 64.4 Å². The Hall–Kier alpha value is -2.86. The summed E-state index contributed by atoms with van der Waals surface area (Å²) in [6.45, 7) is 1.77. The Bertz CT molecular complexity index is 849. The molecule has 0 saturated heterocycles. The van der Waals surface area contributed by atoms with E-state index in [1.807, 2.05) is 47.9 Å². The number of nitrogens with one attached hydrogen (secondary N) is 1. The van der Waals surface area contributed by atoms with Gasteiger partial charge in [-0.2, -0.15) is 0 Å². The second-order valence-electron chi connectivity index (χ2n) is 5.04. The SMILES string of the molecule is COc1ccc(C=Cc2noc(C)c2NC(=O)c2cccs2)cc1. The predicted octanol–water partition coefficient (Wildman–Crippen LogP) is 4.48. The normalized spacial score (nSPS) is 10.9. The van der Waals surface area contributed by atoms with Crippen LogP contribution in [0.15, 0.2) is 46.3 Å². The molecule has 24 heavy (non-hydrogen) atoms. The van der Waals surface area contributed by atoms with Crippen molar-refractivity contribution in [3.8, 4) is 5.75 Å². The van der Waals surface area contributed by atoms with Crippen LogP contribution in [0.5, 0.6) is 5.75 Å². The van der Waals surface area contributed by atoms with Crippen LogP contribution < -0.4 is 10.1 Å². The highest BCUT2D eigenvalue weighted by Gasteiger charge is 2.15. The molecular formula is C18H16N2O3S. The molecular weight excluding hydrogens is 324 g/mol. The van der Waals surface area contributed by atoms with E-state index < -0.39 is 0 Å². The summed E-state index contributed by atoms with van der Waals surface area (Å²) in [4.78, 5) is 12.9. The van der Waals surface area contributed by atoms with Crippen molar-refractivity contribution in [1.82, 2.24) is 5.16 Å². The molecule has 0 atom stereocenters. The first-order chi connectivity index (χ1) is 11.7. The van der Waals surface area contributed by atoms with E-state index in [0.29, 0.717) is 22.0 Å². The van der Waals surface area contributed by atoms with Gasteiger partial charge in [0.2, 0.25) is 0 Å². The van der Waals surface area contributed by atoms with E-state index in [0.717, 1.165) is 11.3 Å². The maximum Gasteiger partial charge on any atom is 0.265 e. The number of hydrogen-bond acceptors (Lipinski definition) is 5. The van der Waals surface area contributed by atoms with Crippen LogP contribution in [0, 0.1) is 6.92 Å². The number of hydrogen-bond donors (Lipinski definition) is 1. The van der Waals surface area contributed by atoms with Crippen LogP contribution in [-0.2, 0) is 0 Å². The summed E-state index contributed by atoms with van der Waals surface area (Å²) in [7, 11) is 1.63. The highest BCUT2D eigenvalue weighted by Crippen LogP contribution is 2.24. The number of carbonyl (C=O) groups excluding carboxylic acids is 1. The molecule has 1 amide bonds. The minimum Gasteiger partial charge on any atom is -0.497 e. The number of rotatable bonds is 5. The fraction of sp³-hybridized carbons (Fsp3) is 0.111. The molecule has 6 heteroatoms. The Kier molecular flexibility index (Phi) is 4.77. The lowest BCUT2D eigenvalue weighted by molar-refractivity contribution is 0.103. The zero-order valence-corrected chi connectivity index (χ0v) is 14.1. The van der Waals surface area contributed by atoms with Gasteiger partial charge in [0.25, 0.3) is 5.91 Å². The number of nitrogens with zero attached hydrogens (tertiary/aromatic N) is 1. The third-order valence-electron chi connectivity index (χ3n) is 3.42. The summed E-state index contributed by atoms with van der Waals surface area (Å²) in [5.74, 6) is 1.19. The summed E-state index contributed by atoms with van der Waals surface area (Å²) >= 11 is 1.39. The summed E-state index contributed by atoms with van der Waals surface area (Å²) < 4.78 is 10.3. The Balaban J connectivity index is 1.79. The number of anilines is 1. The maximum absolute atomic E-state index is 12.2. The summed E-state index contributed by atoms with van der Waals surface area (Å²) in [5, 5.41) is 8.72. The van der Waals surface area contributed by atoms with E-state index in [1.165, 1.54) is 11.3 Å². The average molecular weight is 340 g/mol. The van der Waals surface area contributed by atoms with Crippen molar-refractivity contribution in [3.05, 3.63) is 63.7 Å². The van der Waals surface area contributed by atoms with Crippen molar-refractivity contribution in [3.63, 3.8) is 0 Å². The fourth-order valence-electron chi connectivity index (χ4n) is 2.13. The lowest BCUT2D eigenvalue weighted by atomic mass is 10.2. The number of benzene rings is 1. The van der Waals surface area contributed by atoms with Gasteiger partial charge >= 0.3 is 0 Å². The lowest BCUT2D eigenvalue weighted by Gasteiger charge is -2.02. The summed E-state index contributed by atoms with van der Waals surface area (Å²) in [6.07, 6.45) is 3.71. The standard InChI is InChI=1S/C18H16N2O3S/c1-12-17(19-18(21)16-4-3-11-24-16)15(20-23-12)10-7-13-5-8-14(22-2)9-6-13/h3-11H,1-2H3,(H,19,21). The van der Waals surface area contributed by atoms with E-state index in [9.17, 15) is 4.79 Å². The largest absolute Gasteiger partial charge is 0.497 e. The molecule has 0 saturated carbocycles. The van der Waals surface area contributed by atoms with E-state index >= 15 is 0 Å². The number of aromatic nitrogens is 1. The van der Waals surface area contributed by atoms with Crippen molar-refractivity contribution in [2.24, 2.45) is 0 Å². The minimum atomic E-state index is -0.171. The van der Waals surface area contributed by atoms with Gasteiger partial charge in [-0.05, 0) is 42.1 Å².